The number of carbonyl (C=O) groups is 2. The molecule has 0 saturated carbocycles. The molecule has 186 valence electrons. The summed E-state index contributed by atoms with van der Waals surface area (Å²) in [6.45, 7) is 2.24. The standard InChI is InChI=1S/C29H29NO6/c1-18-5-8-20(9-6-18)26-25(27(31)21-10-12-22(34-2)13-11-21)28(32)29(33)30(26)16-15-19-7-14-23(35-3)24(17-19)36-4/h5-14,17,26,31H,15-16H2,1-4H3/b27-25-. The summed E-state index contributed by atoms with van der Waals surface area (Å²) in [5.74, 6) is 0.261. The van der Waals surface area contributed by atoms with Gasteiger partial charge in [0.05, 0.1) is 32.9 Å². The molecule has 0 spiro atoms. The van der Waals surface area contributed by atoms with Crippen LogP contribution in [0.5, 0.6) is 17.2 Å². The Hall–Kier alpha value is -4.26. The van der Waals surface area contributed by atoms with Gasteiger partial charge in [-0.1, -0.05) is 35.9 Å². The van der Waals surface area contributed by atoms with E-state index in [2.05, 4.69) is 0 Å². The topological polar surface area (TPSA) is 85.3 Å². The third kappa shape index (κ3) is 4.77. The molecule has 0 radical (unpaired) electrons. The van der Waals surface area contributed by atoms with Gasteiger partial charge < -0.3 is 24.2 Å². The largest absolute Gasteiger partial charge is 0.507 e. The summed E-state index contributed by atoms with van der Waals surface area (Å²) < 4.78 is 15.9. The molecule has 1 amide bonds. The molecule has 1 unspecified atom stereocenters. The Balaban J connectivity index is 1.73. The number of aliphatic hydroxyl groups is 1. The molecule has 1 aliphatic rings. The van der Waals surface area contributed by atoms with Gasteiger partial charge in [0, 0.05) is 12.1 Å². The lowest BCUT2D eigenvalue weighted by molar-refractivity contribution is -0.139. The summed E-state index contributed by atoms with van der Waals surface area (Å²) in [5, 5.41) is 11.2. The smallest absolute Gasteiger partial charge is 0.295 e. The highest BCUT2D eigenvalue weighted by Crippen LogP contribution is 2.40. The number of benzene rings is 3. The van der Waals surface area contributed by atoms with Crippen molar-refractivity contribution in [3.05, 3.63) is 94.6 Å². The normalized spacial score (nSPS) is 16.8. The Morgan fingerprint density at radius 3 is 2.14 bits per heavy atom. The molecular formula is C29H29NO6. The number of hydrogen-bond donors (Lipinski definition) is 1. The molecule has 0 aromatic heterocycles. The van der Waals surface area contributed by atoms with Gasteiger partial charge in [0.2, 0.25) is 0 Å². The van der Waals surface area contributed by atoms with Crippen LogP contribution >= 0.6 is 0 Å². The van der Waals surface area contributed by atoms with Crippen molar-refractivity contribution in [1.29, 1.82) is 0 Å². The summed E-state index contributed by atoms with van der Waals surface area (Å²) in [5.41, 5.74) is 3.23. The van der Waals surface area contributed by atoms with Crippen molar-refractivity contribution >= 4 is 17.4 Å². The minimum Gasteiger partial charge on any atom is -0.507 e. The first-order chi connectivity index (χ1) is 17.4. The third-order valence-electron chi connectivity index (χ3n) is 6.39. The van der Waals surface area contributed by atoms with E-state index in [4.69, 9.17) is 14.2 Å². The summed E-state index contributed by atoms with van der Waals surface area (Å²) in [4.78, 5) is 28.0. The molecule has 1 fully saturated rings. The van der Waals surface area contributed by atoms with Crippen LogP contribution in [0.15, 0.2) is 72.3 Å². The van der Waals surface area contributed by atoms with E-state index in [1.165, 1.54) is 4.90 Å². The van der Waals surface area contributed by atoms with Gasteiger partial charge in [0.25, 0.3) is 11.7 Å². The molecular weight excluding hydrogens is 458 g/mol. The Kier molecular flexibility index (Phi) is 7.29. The second-order valence-corrected chi connectivity index (χ2v) is 8.57. The Morgan fingerprint density at radius 1 is 0.861 bits per heavy atom. The Morgan fingerprint density at radius 2 is 1.53 bits per heavy atom. The molecule has 3 aromatic carbocycles. The fourth-order valence-electron chi connectivity index (χ4n) is 4.40. The highest BCUT2D eigenvalue weighted by Gasteiger charge is 2.45. The number of aryl methyl sites for hydroxylation is 1. The van der Waals surface area contributed by atoms with Gasteiger partial charge >= 0.3 is 0 Å². The van der Waals surface area contributed by atoms with Crippen molar-refractivity contribution < 1.29 is 28.9 Å². The third-order valence-corrected chi connectivity index (χ3v) is 6.39. The number of hydrogen-bond acceptors (Lipinski definition) is 6. The highest BCUT2D eigenvalue weighted by molar-refractivity contribution is 6.46. The quantitative estimate of drug-likeness (QED) is 0.282. The number of nitrogens with zero attached hydrogens (tertiary/aromatic N) is 1. The van der Waals surface area contributed by atoms with Crippen molar-refractivity contribution in [1.82, 2.24) is 4.90 Å². The average molecular weight is 488 g/mol. The molecule has 1 aliphatic heterocycles. The predicted octanol–water partition coefficient (Wildman–Crippen LogP) is 4.69. The van der Waals surface area contributed by atoms with Gasteiger partial charge in [0.15, 0.2) is 11.5 Å². The van der Waals surface area contributed by atoms with E-state index >= 15 is 0 Å². The van der Waals surface area contributed by atoms with Crippen LogP contribution in [0.25, 0.3) is 5.76 Å². The lowest BCUT2D eigenvalue weighted by Gasteiger charge is -2.25. The first-order valence-electron chi connectivity index (χ1n) is 11.6. The van der Waals surface area contributed by atoms with Gasteiger partial charge in [-0.15, -0.1) is 0 Å². The lowest BCUT2D eigenvalue weighted by Crippen LogP contribution is -2.31. The number of Topliss-reactive ketones (excluding diaryl/α,β-unsaturated/α-hetero) is 1. The maximum absolute atomic E-state index is 13.2. The molecule has 1 atom stereocenters. The minimum atomic E-state index is -0.715. The number of amides is 1. The summed E-state index contributed by atoms with van der Waals surface area (Å²) >= 11 is 0. The Bertz CT molecular complexity index is 1290. The van der Waals surface area contributed by atoms with Gasteiger partial charge in [0.1, 0.15) is 11.5 Å². The van der Waals surface area contributed by atoms with Crippen LogP contribution in [0.4, 0.5) is 0 Å². The fourth-order valence-corrected chi connectivity index (χ4v) is 4.40. The van der Waals surface area contributed by atoms with Gasteiger partial charge in [-0.2, -0.15) is 0 Å². The van der Waals surface area contributed by atoms with Gasteiger partial charge in [-0.25, -0.2) is 0 Å². The molecule has 3 aromatic rings. The molecule has 1 N–H and O–H groups in total. The van der Waals surface area contributed by atoms with Crippen LogP contribution in [0, 0.1) is 6.92 Å². The van der Waals surface area contributed by atoms with E-state index < -0.39 is 17.7 Å². The number of methoxy groups -OCH3 is 3. The van der Waals surface area contributed by atoms with Crippen LogP contribution < -0.4 is 14.2 Å². The van der Waals surface area contributed by atoms with E-state index in [-0.39, 0.29) is 17.9 Å². The van der Waals surface area contributed by atoms with Gasteiger partial charge in [-0.05, 0) is 60.9 Å². The van der Waals surface area contributed by atoms with Crippen LogP contribution in [0.2, 0.25) is 0 Å². The molecule has 1 saturated heterocycles. The number of carbonyl (C=O) groups excluding carboxylic acids is 2. The summed E-state index contributed by atoms with van der Waals surface area (Å²) in [7, 11) is 4.69. The predicted molar refractivity (Wildman–Crippen MR) is 136 cm³/mol. The maximum atomic E-state index is 13.2. The van der Waals surface area contributed by atoms with Crippen LogP contribution in [0.3, 0.4) is 0 Å². The molecule has 0 aliphatic carbocycles. The van der Waals surface area contributed by atoms with Crippen LogP contribution in [0.1, 0.15) is 28.3 Å². The SMILES string of the molecule is COc1ccc(/C(O)=C2/C(=O)C(=O)N(CCc3ccc(OC)c(OC)c3)C2c2ccc(C)cc2)cc1. The van der Waals surface area contributed by atoms with Crippen molar-refractivity contribution in [2.75, 3.05) is 27.9 Å². The molecule has 7 heteroatoms. The zero-order valence-electron chi connectivity index (χ0n) is 20.8. The molecule has 7 nitrogen and oxygen atoms in total. The van der Waals surface area contributed by atoms with E-state index in [1.807, 2.05) is 49.4 Å². The van der Waals surface area contributed by atoms with Crippen LogP contribution in [-0.4, -0.2) is 49.6 Å². The van der Waals surface area contributed by atoms with E-state index in [0.717, 1.165) is 16.7 Å². The average Bonchev–Trinajstić information content (AvgIpc) is 3.16. The number of ketones is 1. The zero-order valence-corrected chi connectivity index (χ0v) is 20.8. The summed E-state index contributed by atoms with van der Waals surface area (Å²) in [6.07, 6.45) is 0.484. The Labute approximate surface area is 210 Å². The van der Waals surface area contributed by atoms with Crippen molar-refractivity contribution in [3.63, 3.8) is 0 Å². The molecule has 0 bridgehead atoms. The monoisotopic (exact) mass is 487 g/mol. The molecule has 1 heterocycles. The first kappa shape index (κ1) is 24.9. The van der Waals surface area contributed by atoms with Crippen LogP contribution in [-0.2, 0) is 16.0 Å². The number of ether oxygens (including phenoxy) is 3. The second-order valence-electron chi connectivity index (χ2n) is 8.57. The minimum absolute atomic E-state index is 0.0707. The zero-order chi connectivity index (χ0) is 25.8. The second kappa shape index (κ2) is 10.6. The van der Waals surface area contributed by atoms with Crippen molar-refractivity contribution in [2.24, 2.45) is 0 Å². The van der Waals surface area contributed by atoms with Crippen molar-refractivity contribution in [3.8, 4) is 17.2 Å². The molecule has 36 heavy (non-hydrogen) atoms. The number of rotatable bonds is 8. The lowest BCUT2D eigenvalue weighted by atomic mass is 9.94. The number of aliphatic hydroxyl groups excluding tert-OH is 1. The van der Waals surface area contributed by atoms with E-state index in [9.17, 15) is 14.7 Å². The summed E-state index contributed by atoms with van der Waals surface area (Å²) in [6, 6.07) is 19.2. The fraction of sp³-hybridized carbons (Fsp3) is 0.241. The highest BCUT2D eigenvalue weighted by atomic mass is 16.5. The number of likely N-dealkylation sites (tertiary alicyclic amines) is 1. The van der Waals surface area contributed by atoms with E-state index in [1.54, 1.807) is 45.6 Å². The van der Waals surface area contributed by atoms with Gasteiger partial charge in [-0.3, -0.25) is 9.59 Å². The first-order valence-corrected chi connectivity index (χ1v) is 11.6. The molecule has 4 rings (SSSR count). The maximum Gasteiger partial charge on any atom is 0.295 e. The van der Waals surface area contributed by atoms with E-state index in [0.29, 0.717) is 29.2 Å². The van der Waals surface area contributed by atoms with Crippen molar-refractivity contribution in [2.45, 2.75) is 19.4 Å².